The number of hydrogen-bond acceptors (Lipinski definition) is 4. The van der Waals surface area contributed by atoms with Gasteiger partial charge in [-0.3, -0.25) is 4.79 Å². The van der Waals surface area contributed by atoms with Crippen molar-refractivity contribution in [3.63, 3.8) is 0 Å². The van der Waals surface area contributed by atoms with E-state index in [0.29, 0.717) is 25.6 Å². The Morgan fingerprint density at radius 1 is 1.60 bits per heavy atom. The van der Waals surface area contributed by atoms with Gasteiger partial charge in [0.15, 0.2) is 0 Å². The molecule has 0 saturated carbocycles. The van der Waals surface area contributed by atoms with Crippen molar-refractivity contribution in [2.45, 2.75) is 32.4 Å². The summed E-state index contributed by atoms with van der Waals surface area (Å²) in [7, 11) is 0. The molecular weight excluding hydrogens is 296 g/mol. The van der Waals surface area contributed by atoms with E-state index in [1.54, 1.807) is 11.3 Å². The summed E-state index contributed by atoms with van der Waals surface area (Å²) >= 11 is 1.67. The highest BCUT2D eigenvalue weighted by Gasteiger charge is 2.28. The molecule has 1 saturated heterocycles. The van der Waals surface area contributed by atoms with Crippen molar-refractivity contribution < 1.29 is 9.53 Å². The second-order valence-corrected chi connectivity index (χ2v) is 6.37. The Balaban J connectivity index is 0.00000200. The molecule has 0 bridgehead atoms. The maximum absolute atomic E-state index is 12.3. The molecule has 6 heteroatoms. The predicted molar refractivity (Wildman–Crippen MR) is 84.3 cm³/mol. The van der Waals surface area contributed by atoms with E-state index in [2.05, 4.69) is 19.9 Å². The van der Waals surface area contributed by atoms with E-state index in [0.717, 1.165) is 6.42 Å². The number of nitrogens with zero attached hydrogens (tertiary/aromatic N) is 1. The third-order valence-electron chi connectivity index (χ3n) is 3.28. The van der Waals surface area contributed by atoms with Crippen LogP contribution in [0.5, 0.6) is 0 Å². The van der Waals surface area contributed by atoms with Gasteiger partial charge in [-0.25, -0.2) is 0 Å². The molecule has 20 heavy (non-hydrogen) atoms. The predicted octanol–water partition coefficient (Wildman–Crippen LogP) is 2.44. The number of ether oxygens (including phenoxy) is 1. The van der Waals surface area contributed by atoms with E-state index in [1.807, 2.05) is 16.3 Å². The summed E-state index contributed by atoms with van der Waals surface area (Å²) in [5.74, 6) is 0.492. The minimum atomic E-state index is -0.387. The summed E-state index contributed by atoms with van der Waals surface area (Å²) in [6.07, 6.45) is 0.740. The molecule has 0 aliphatic carbocycles. The molecule has 1 aromatic rings. The maximum Gasteiger partial charge on any atom is 0.239 e. The number of morpholine rings is 1. The summed E-state index contributed by atoms with van der Waals surface area (Å²) in [4.78, 5) is 15.3. The van der Waals surface area contributed by atoms with Crippen LogP contribution in [0, 0.1) is 5.92 Å². The molecule has 1 aliphatic heterocycles. The fourth-order valence-electron chi connectivity index (χ4n) is 2.34. The van der Waals surface area contributed by atoms with Crippen molar-refractivity contribution in [3.05, 3.63) is 22.4 Å². The first-order chi connectivity index (χ1) is 9.08. The summed E-state index contributed by atoms with van der Waals surface area (Å²) in [6.45, 7) is 6.02. The first-order valence-electron chi connectivity index (χ1n) is 6.77. The maximum atomic E-state index is 12.3. The molecule has 2 rings (SSSR count). The summed E-state index contributed by atoms with van der Waals surface area (Å²) < 4.78 is 5.74. The highest BCUT2D eigenvalue weighted by atomic mass is 35.5. The quantitative estimate of drug-likeness (QED) is 0.927. The highest BCUT2D eigenvalue weighted by Crippen LogP contribution is 2.26. The zero-order chi connectivity index (χ0) is 13.8. The fourth-order valence-corrected chi connectivity index (χ4v) is 3.11. The minimum Gasteiger partial charge on any atom is -0.369 e. The minimum absolute atomic E-state index is 0. The first kappa shape index (κ1) is 17.4. The molecule has 0 spiro atoms. The Hall–Kier alpha value is -0.620. The lowest BCUT2D eigenvalue weighted by Crippen LogP contribution is -2.49. The van der Waals surface area contributed by atoms with Gasteiger partial charge in [0, 0.05) is 11.4 Å². The van der Waals surface area contributed by atoms with Crippen molar-refractivity contribution in [1.82, 2.24) is 4.90 Å². The molecule has 2 atom stereocenters. The van der Waals surface area contributed by atoms with Gasteiger partial charge in [-0.05, 0) is 23.8 Å². The van der Waals surface area contributed by atoms with Gasteiger partial charge in [-0.15, -0.1) is 23.7 Å². The van der Waals surface area contributed by atoms with E-state index in [4.69, 9.17) is 10.5 Å². The molecule has 0 aromatic carbocycles. The van der Waals surface area contributed by atoms with Crippen LogP contribution < -0.4 is 5.73 Å². The average molecular weight is 319 g/mol. The third kappa shape index (κ3) is 4.45. The van der Waals surface area contributed by atoms with E-state index < -0.39 is 0 Å². The molecule has 2 N–H and O–H groups in total. The smallest absolute Gasteiger partial charge is 0.239 e. The third-order valence-corrected chi connectivity index (χ3v) is 4.25. The molecule has 114 valence electrons. The number of rotatable bonds is 4. The van der Waals surface area contributed by atoms with Crippen LogP contribution >= 0.6 is 23.7 Å². The number of nitrogens with two attached hydrogens (primary N) is 1. The molecule has 1 aromatic heterocycles. The van der Waals surface area contributed by atoms with E-state index >= 15 is 0 Å². The molecule has 1 unspecified atom stereocenters. The van der Waals surface area contributed by atoms with Crippen LogP contribution in [0.1, 0.15) is 31.2 Å². The van der Waals surface area contributed by atoms with E-state index in [9.17, 15) is 4.79 Å². The summed E-state index contributed by atoms with van der Waals surface area (Å²) in [6, 6.07) is 3.67. The Labute approximate surface area is 130 Å². The van der Waals surface area contributed by atoms with Gasteiger partial charge in [0.25, 0.3) is 0 Å². The average Bonchev–Trinajstić information content (AvgIpc) is 2.91. The fraction of sp³-hybridized carbons (Fsp3) is 0.643. The Morgan fingerprint density at radius 3 is 2.95 bits per heavy atom. The van der Waals surface area contributed by atoms with E-state index in [1.165, 1.54) is 4.88 Å². The highest BCUT2D eigenvalue weighted by molar-refractivity contribution is 7.10. The molecule has 1 amide bonds. The molecule has 1 fully saturated rings. The number of hydrogen-bond donors (Lipinski definition) is 1. The van der Waals surface area contributed by atoms with Gasteiger partial charge >= 0.3 is 0 Å². The Bertz CT molecular complexity index is 411. The van der Waals surface area contributed by atoms with Gasteiger partial charge in [-0.2, -0.15) is 0 Å². The van der Waals surface area contributed by atoms with Crippen molar-refractivity contribution in [1.29, 1.82) is 0 Å². The van der Waals surface area contributed by atoms with Crippen molar-refractivity contribution in [2.75, 3.05) is 19.7 Å². The van der Waals surface area contributed by atoms with Gasteiger partial charge < -0.3 is 15.4 Å². The van der Waals surface area contributed by atoms with Crippen LogP contribution in [0.15, 0.2) is 17.5 Å². The van der Waals surface area contributed by atoms with Crippen molar-refractivity contribution >= 4 is 29.7 Å². The lowest BCUT2D eigenvalue weighted by atomic mass is 10.0. The SMILES string of the molecule is CC(C)C[C@H](N)C(=O)N1CCOC(c2cccs2)C1.Cl. The Morgan fingerprint density at radius 2 is 2.35 bits per heavy atom. The number of carbonyl (C=O) groups is 1. The molecule has 2 heterocycles. The van der Waals surface area contributed by atoms with Gasteiger partial charge in [0.1, 0.15) is 6.10 Å². The zero-order valence-electron chi connectivity index (χ0n) is 12.0. The summed E-state index contributed by atoms with van der Waals surface area (Å²) in [5.41, 5.74) is 5.98. The zero-order valence-corrected chi connectivity index (χ0v) is 13.6. The van der Waals surface area contributed by atoms with Gasteiger partial charge in [0.05, 0.1) is 19.2 Å². The first-order valence-corrected chi connectivity index (χ1v) is 7.65. The molecule has 0 radical (unpaired) electrons. The lowest BCUT2D eigenvalue weighted by molar-refractivity contribution is -0.140. The van der Waals surface area contributed by atoms with Crippen LogP contribution in [0.3, 0.4) is 0 Å². The number of halogens is 1. The van der Waals surface area contributed by atoms with Crippen molar-refractivity contribution in [3.8, 4) is 0 Å². The molecule has 1 aliphatic rings. The lowest BCUT2D eigenvalue weighted by Gasteiger charge is -2.34. The van der Waals surface area contributed by atoms with Crippen LogP contribution in [0.2, 0.25) is 0 Å². The van der Waals surface area contributed by atoms with Crippen LogP contribution in [-0.4, -0.2) is 36.5 Å². The second-order valence-electron chi connectivity index (χ2n) is 5.40. The molecular formula is C14H23ClN2O2S. The van der Waals surface area contributed by atoms with Gasteiger partial charge in [0.2, 0.25) is 5.91 Å². The normalized spacial score (nSPS) is 20.6. The monoisotopic (exact) mass is 318 g/mol. The number of carbonyl (C=O) groups excluding carboxylic acids is 1. The van der Waals surface area contributed by atoms with Crippen molar-refractivity contribution in [2.24, 2.45) is 11.7 Å². The topological polar surface area (TPSA) is 55.6 Å². The van der Waals surface area contributed by atoms with Crippen LogP contribution in [0.25, 0.3) is 0 Å². The standard InChI is InChI=1S/C14H22N2O2S.ClH/c1-10(2)8-11(15)14(17)16-5-6-18-12(9-16)13-4-3-7-19-13;/h3-4,7,10-12H,5-6,8-9,15H2,1-2H3;1H/t11-,12?;/m0./s1. The van der Waals surface area contributed by atoms with Crippen LogP contribution in [-0.2, 0) is 9.53 Å². The number of amides is 1. The molecule has 4 nitrogen and oxygen atoms in total. The largest absolute Gasteiger partial charge is 0.369 e. The second kappa shape index (κ2) is 7.98. The Kier molecular flexibility index (Phi) is 6.95. The summed E-state index contributed by atoms with van der Waals surface area (Å²) in [5, 5.41) is 2.03. The number of thiophene rings is 1. The van der Waals surface area contributed by atoms with Crippen LogP contribution in [0.4, 0.5) is 0 Å². The van der Waals surface area contributed by atoms with E-state index in [-0.39, 0.29) is 30.5 Å². The van der Waals surface area contributed by atoms with Gasteiger partial charge in [-0.1, -0.05) is 19.9 Å².